The normalized spacial score (nSPS) is 10.0. The number of methoxy groups -OCH3 is 1. The highest BCUT2D eigenvalue weighted by Gasteiger charge is 2.06. The van der Waals surface area contributed by atoms with E-state index in [1.807, 2.05) is 36.4 Å². The summed E-state index contributed by atoms with van der Waals surface area (Å²) in [4.78, 5) is 11.5. The summed E-state index contributed by atoms with van der Waals surface area (Å²) in [6.45, 7) is 3.58. The Labute approximate surface area is 118 Å². The van der Waals surface area contributed by atoms with Gasteiger partial charge in [0.1, 0.15) is 5.75 Å². The number of ether oxygens (including phenoxy) is 2. The van der Waals surface area contributed by atoms with E-state index in [-0.39, 0.29) is 6.10 Å². The zero-order valence-electron chi connectivity index (χ0n) is 11.8. The van der Waals surface area contributed by atoms with Crippen molar-refractivity contribution in [2.75, 3.05) is 7.11 Å². The summed E-state index contributed by atoms with van der Waals surface area (Å²) in [5.74, 6) is 5.48. The molecule has 0 aliphatic heterocycles. The van der Waals surface area contributed by atoms with Crippen molar-refractivity contribution in [2.45, 2.75) is 20.0 Å². The van der Waals surface area contributed by atoms with Crippen LogP contribution in [0.5, 0.6) is 5.75 Å². The minimum atomic E-state index is -0.532. The van der Waals surface area contributed by atoms with Gasteiger partial charge in [-0.15, -0.1) is 0 Å². The Morgan fingerprint density at radius 3 is 2.60 bits per heavy atom. The highest BCUT2D eigenvalue weighted by Crippen LogP contribution is 2.26. The lowest BCUT2D eigenvalue weighted by Gasteiger charge is -2.07. The van der Waals surface area contributed by atoms with Crippen LogP contribution in [0.3, 0.4) is 0 Å². The van der Waals surface area contributed by atoms with Crippen molar-refractivity contribution in [1.29, 1.82) is 0 Å². The highest BCUT2D eigenvalue weighted by atomic mass is 16.5. The van der Waals surface area contributed by atoms with Gasteiger partial charge in [-0.05, 0) is 25.3 Å². The van der Waals surface area contributed by atoms with Crippen LogP contribution in [0.25, 0.3) is 10.8 Å². The Morgan fingerprint density at radius 2 is 1.90 bits per heavy atom. The minimum absolute atomic E-state index is 0.175. The minimum Gasteiger partial charge on any atom is -0.495 e. The Kier molecular flexibility index (Phi) is 4.27. The quantitative estimate of drug-likeness (QED) is 0.620. The van der Waals surface area contributed by atoms with Crippen LogP contribution < -0.4 is 4.74 Å². The van der Waals surface area contributed by atoms with E-state index in [1.54, 1.807) is 21.0 Å². The molecule has 0 atom stereocenters. The van der Waals surface area contributed by atoms with Crippen LogP contribution in [-0.2, 0) is 9.53 Å². The van der Waals surface area contributed by atoms with E-state index in [9.17, 15) is 4.79 Å². The van der Waals surface area contributed by atoms with Crippen LogP contribution >= 0.6 is 0 Å². The number of fused-ring (bicyclic) bond motifs is 1. The second-order valence-electron chi connectivity index (χ2n) is 4.57. The lowest BCUT2D eigenvalue weighted by Crippen LogP contribution is -2.08. The average Bonchev–Trinajstić information content (AvgIpc) is 2.43. The molecule has 2 rings (SSSR count). The molecule has 0 aliphatic carbocycles. The summed E-state index contributed by atoms with van der Waals surface area (Å²) >= 11 is 0. The van der Waals surface area contributed by atoms with Gasteiger partial charge in [0.25, 0.3) is 0 Å². The summed E-state index contributed by atoms with van der Waals surface area (Å²) in [6.07, 6.45) is -0.175. The van der Waals surface area contributed by atoms with Crippen LogP contribution in [0.15, 0.2) is 36.4 Å². The fourth-order valence-corrected chi connectivity index (χ4v) is 1.91. The maximum atomic E-state index is 11.5. The molecule has 0 radical (unpaired) electrons. The SMILES string of the molecule is COc1ccc2ccccc2c1C#CC(=O)OC(C)C. The van der Waals surface area contributed by atoms with Crippen molar-refractivity contribution in [3.05, 3.63) is 42.0 Å². The second kappa shape index (κ2) is 6.12. The van der Waals surface area contributed by atoms with E-state index >= 15 is 0 Å². The monoisotopic (exact) mass is 268 g/mol. The topological polar surface area (TPSA) is 35.5 Å². The zero-order chi connectivity index (χ0) is 14.5. The van der Waals surface area contributed by atoms with Gasteiger partial charge in [0.2, 0.25) is 0 Å². The molecular formula is C17H16O3. The van der Waals surface area contributed by atoms with E-state index in [4.69, 9.17) is 9.47 Å². The lowest BCUT2D eigenvalue weighted by molar-refractivity contribution is -0.140. The predicted octanol–water partition coefficient (Wildman–Crippen LogP) is 3.15. The number of carbonyl (C=O) groups is 1. The molecule has 0 N–H and O–H groups in total. The van der Waals surface area contributed by atoms with Crippen LogP contribution in [0.2, 0.25) is 0 Å². The summed E-state index contributed by atoms with van der Waals surface area (Å²) in [5, 5.41) is 2.01. The first-order chi connectivity index (χ1) is 9.61. The molecule has 0 unspecified atom stereocenters. The molecule has 0 aliphatic rings. The molecule has 20 heavy (non-hydrogen) atoms. The van der Waals surface area contributed by atoms with Gasteiger partial charge in [0, 0.05) is 11.3 Å². The Balaban J connectivity index is 2.47. The number of carbonyl (C=O) groups excluding carboxylic acids is 1. The molecular weight excluding hydrogens is 252 g/mol. The third-order valence-corrected chi connectivity index (χ3v) is 2.74. The molecule has 2 aromatic carbocycles. The van der Waals surface area contributed by atoms with Gasteiger partial charge in [-0.3, -0.25) is 0 Å². The van der Waals surface area contributed by atoms with E-state index in [0.717, 1.165) is 10.8 Å². The van der Waals surface area contributed by atoms with Crippen molar-refractivity contribution >= 4 is 16.7 Å². The van der Waals surface area contributed by atoms with Crippen LogP contribution in [0.4, 0.5) is 0 Å². The molecule has 2 aromatic rings. The first kappa shape index (κ1) is 14.0. The van der Waals surface area contributed by atoms with E-state index in [1.165, 1.54) is 0 Å². The van der Waals surface area contributed by atoms with Gasteiger partial charge >= 0.3 is 5.97 Å². The van der Waals surface area contributed by atoms with Gasteiger partial charge in [-0.2, -0.15) is 0 Å². The largest absolute Gasteiger partial charge is 0.495 e. The summed E-state index contributed by atoms with van der Waals surface area (Å²) < 4.78 is 10.3. The van der Waals surface area contributed by atoms with Gasteiger partial charge in [-0.25, -0.2) is 4.79 Å². The number of benzene rings is 2. The molecule has 0 bridgehead atoms. The molecule has 0 fully saturated rings. The van der Waals surface area contributed by atoms with Crippen LogP contribution in [-0.4, -0.2) is 19.2 Å². The molecule has 0 saturated heterocycles. The third-order valence-electron chi connectivity index (χ3n) is 2.74. The molecule has 3 nitrogen and oxygen atoms in total. The maximum absolute atomic E-state index is 11.5. The Hall–Kier alpha value is -2.47. The summed E-state index contributed by atoms with van der Waals surface area (Å²) in [5.41, 5.74) is 0.700. The zero-order valence-corrected chi connectivity index (χ0v) is 11.8. The molecule has 0 saturated carbocycles. The van der Waals surface area contributed by atoms with Crippen molar-refractivity contribution in [3.63, 3.8) is 0 Å². The van der Waals surface area contributed by atoms with E-state index < -0.39 is 5.97 Å². The summed E-state index contributed by atoms with van der Waals surface area (Å²) in [7, 11) is 1.59. The molecule has 0 aromatic heterocycles. The number of hydrogen-bond donors (Lipinski definition) is 0. The van der Waals surface area contributed by atoms with Gasteiger partial charge in [-0.1, -0.05) is 36.3 Å². The Morgan fingerprint density at radius 1 is 1.15 bits per heavy atom. The van der Waals surface area contributed by atoms with Gasteiger partial charge < -0.3 is 9.47 Å². The first-order valence-corrected chi connectivity index (χ1v) is 6.40. The smallest absolute Gasteiger partial charge is 0.384 e. The fourth-order valence-electron chi connectivity index (χ4n) is 1.91. The highest BCUT2D eigenvalue weighted by molar-refractivity contribution is 5.94. The molecule has 0 heterocycles. The number of rotatable bonds is 2. The first-order valence-electron chi connectivity index (χ1n) is 6.40. The third kappa shape index (κ3) is 3.10. The second-order valence-corrected chi connectivity index (χ2v) is 4.57. The van der Waals surface area contributed by atoms with E-state index in [0.29, 0.717) is 11.3 Å². The maximum Gasteiger partial charge on any atom is 0.384 e. The van der Waals surface area contributed by atoms with E-state index in [2.05, 4.69) is 11.8 Å². The standard InChI is InChI=1S/C17H16O3/c1-12(2)20-17(18)11-9-15-14-7-5-4-6-13(14)8-10-16(15)19-3/h4-8,10,12H,1-3H3. The van der Waals surface area contributed by atoms with Crippen molar-refractivity contribution in [3.8, 4) is 17.6 Å². The van der Waals surface area contributed by atoms with Crippen molar-refractivity contribution < 1.29 is 14.3 Å². The van der Waals surface area contributed by atoms with Crippen LogP contribution in [0.1, 0.15) is 19.4 Å². The Bertz CT molecular complexity index is 690. The molecule has 102 valence electrons. The average molecular weight is 268 g/mol. The lowest BCUT2D eigenvalue weighted by atomic mass is 10.0. The van der Waals surface area contributed by atoms with Gasteiger partial charge in [0.15, 0.2) is 0 Å². The molecule has 0 spiro atoms. The molecule has 0 amide bonds. The number of esters is 1. The fraction of sp³-hybridized carbons (Fsp3) is 0.235. The molecule has 3 heteroatoms. The summed E-state index contributed by atoms with van der Waals surface area (Å²) in [6, 6.07) is 11.6. The predicted molar refractivity (Wildman–Crippen MR) is 78.6 cm³/mol. The van der Waals surface area contributed by atoms with Crippen molar-refractivity contribution in [2.24, 2.45) is 0 Å². The number of hydrogen-bond acceptors (Lipinski definition) is 3. The van der Waals surface area contributed by atoms with Gasteiger partial charge in [0.05, 0.1) is 18.8 Å². The van der Waals surface area contributed by atoms with Crippen LogP contribution in [0, 0.1) is 11.8 Å². The van der Waals surface area contributed by atoms with Crippen molar-refractivity contribution in [1.82, 2.24) is 0 Å².